The predicted molar refractivity (Wildman–Crippen MR) is 103 cm³/mol. The van der Waals surface area contributed by atoms with Gasteiger partial charge in [-0.2, -0.15) is 0 Å². The van der Waals surface area contributed by atoms with E-state index in [0.717, 1.165) is 6.92 Å². The first-order valence-corrected chi connectivity index (χ1v) is 9.27. The van der Waals surface area contributed by atoms with E-state index in [1.54, 1.807) is 0 Å². The number of aliphatic carboxylic acids is 2. The van der Waals surface area contributed by atoms with Crippen LogP contribution in [0.3, 0.4) is 0 Å². The molecule has 0 saturated carbocycles. The van der Waals surface area contributed by atoms with E-state index in [-0.39, 0.29) is 13.0 Å². The Hall–Kier alpha value is -2.16. The molecule has 0 bridgehead atoms. The second kappa shape index (κ2) is 14.0. The number of carboxylic acid groups (broad SMARTS) is 2. The molecule has 0 aromatic rings. The summed E-state index contributed by atoms with van der Waals surface area (Å²) in [6.07, 6.45) is -7.00. The maximum atomic E-state index is 11.4. The van der Waals surface area contributed by atoms with E-state index in [1.165, 1.54) is 0 Å². The van der Waals surface area contributed by atoms with Crippen molar-refractivity contribution in [2.24, 2.45) is 10.7 Å². The molecular weight excluding hydrogens is 406 g/mol. The standard InChI is InChI=1S/C17H31N3O10/c1-8(22)20-13(15(26)14(25)12(24)7-21)11(23)6-10(17(29)30)19-5-3-2-4-9(18)16(27)28/h9,11-15,21,23-26H,2-7,18H2,1H3,(H,20,22)(H,27,28)(H,29,30)/t9-,11?,12?,13?,14?,15?/m0/s1. The number of carbonyl (C=O) groups excluding carboxylic acids is 1. The molecule has 5 unspecified atom stereocenters. The van der Waals surface area contributed by atoms with Gasteiger partial charge in [0.25, 0.3) is 0 Å². The zero-order valence-electron chi connectivity index (χ0n) is 16.6. The lowest BCUT2D eigenvalue weighted by molar-refractivity contribution is -0.138. The highest BCUT2D eigenvalue weighted by Gasteiger charge is 2.37. The number of hydrogen-bond donors (Lipinski definition) is 9. The van der Waals surface area contributed by atoms with Crippen LogP contribution in [0.5, 0.6) is 0 Å². The Morgan fingerprint density at radius 3 is 2.07 bits per heavy atom. The minimum Gasteiger partial charge on any atom is -0.480 e. The van der Waals surface area contributed by atoms with Gasteiger partial charge in [0.1, 0.15) is 30.1 Å². The molecule has 0 aliphatic rings. The van der Waals surface area contributed by atoms with Crippen molar-refractivity contribution in [2.75, 3.05) is 13.2 Å². The van der Waals surface area contributed by atoms with Crippen molar-refractivity contribution in [2.45, 2.75) is 69.1 Å². The predicted octanol–water partition coefficient (Wildman–Crippen LogP) is -3.58. The number of aliphatic hydroxyl groups excluding tert-OH is 5. The van der Waals surface area contributed by atoms with Crippen LogP contribution in [-0.2, 0) is 14.4 Å². The van der Waals surface area contributed by atoms with Crippen LogP contribution in [0.25, 0.3) is 0 Å². The van der Waals surface area contributed by atoms with Gasteiger partial charge in [0, 0.05) is 19.9 Å². The number of nitrogens with two attached hydrogens (primary N) is 1. The molecule has 0 aliphatic heterocycles. The third-order valence-electron chi connectivity index (χ3n) is 4.28. The third kappa shape index (κ3) is 10.0. The molecule has 0 aromatic carbocycles. The molecule has 13 heteroatoms. The summed E-state index contributed by atoms with van der Waals surface area (Å²) in [6, 6.07) is -2.59. The van der Waals surface area contributed by atoms with Crippen LogP contribution >= 0.6 is 0 Å². The molecule has 0 heterocycles. The largest absolute Gasteiger partial charge is 0.480 e. The molecular formula is C17H31N3O10. The number of hydrogen-bond acceptors (Lipinski definition) is 10. The summed E-state index contributed by atoms with van der Waals surface area (Å²) in [6.45, 7) is 0.184. The van der Waals surface area contributed by atoms with Crippen LogP contribution in [0.15, 0.2) is 4.99 Å². The molecule has 10 N–H and O–H groups in total. The number of amides is 1. The number of nitrogens with one attached hydrogen (secondary N) is 1. The highest BCUT2D eigenvalue weighted by Crippen LogP contribution is 2.13. The van der Waals surface area contributed by atoms with Crippen LogP contribution < -0.4 is 11.1 Å². The first-order chi connectivity index (χ1) is 13.9. The van der Waals surface area contributed by atoms with Crippen LogP contribution in [-0.4, -0.2) is 109 Å². The van der Waals surface area contributed by atoms with Gasteiger partial charge in [-0.1, -0.05) is 0 Å². The van der Waals surface area contributed by atoms with Crippen LogP contribution in [0.4, 0.5) is 0 Å². The average molecular weight is 437 g/mol. The zero-order valence-corrected chi connectivity index (χ0v) is 16.6. The number of rotatable bonds is 15. The second-order valence-corrected chi connectivity index (χ2v) is 6.80. The maximum absolute atomic E-state index is 11.4. The van der Waals surface area contributed by atoms with Crippen molar-refractivity contribution in [1.29, 1.82) is 0 Å². The lowest BCUT2D eigenvalue weighted by Gasteiger charge is -2.32. The number of carbonyl (C=O) groups is 3. The number of aliphatic hydroxyl groups is 5. The maximum Gasteiger partial charge on any atom is 0.349 e. The molecule has 0 spiro atoms. The number of unbranched alkanes of at least 4 members (excludes halogenated alkanes) is 1. The van der Waals surface area contributed by atoms with E-state index >= 15 is 0 Å². The van der Waals surface area contributed by atoms with E-state index in [4.69, 9.17) is 15.9 Å². The van der Waals surface area contributed by atoms with Gasteiger partial charge in [0.2, 0.25) is 5.91 Å². The Labute approximate surface area is 172 Å². The number of nitrogens with zero attached hydrogens (tertiary/aromatic N) is 1. The monoisotopic (exact) mass is 437 g/mol. The van der Waals surface area contributed by atoms with Crippen LogP contribution in [0, 0.1) is 0 Å². The average Bonchev–Trinajstić information content (AvgIpc) is 2.68. The van der Waals surface area contributed by atoms with Gasteiger partial charge >= 0.3 is 11.9 Å². The Bertz CT molecular complexity index is 600. The van der Waals surface area contributed by atoms with Crippen LogP contribution in [0.2, 0.25) is 0 Å². The van der Waals surface area contributed by atoms with E-state index < -0.39 is 73.1 Å². The lowest BCUT2D eigenvalue weighted by atomic mass is 9.94. The van der Waals surface area contributed by atoms with Crippen molar-refractivity contribution in [3.05, 3.63) is 0 Å². The molecule has 0 aromatic heterocycles. The van der Waals surface area contributed by atoms with Gasteiger partial charge < -0.3 is 46.8 Å². The topological polar surface area (TPSA) is 243 Å². The highest BCUT2D eigenvalue weighted by molar-refractivity contribution is 6.35. The molecule has 0 saturated heterocycles. The number of aliphatic imine (C=N–C) groups is 1. The first-order valence-electron chi connectivity index (χ1n) is 9.27. The first kappa shape index (κ1) is 27.8. The fraction of sp³-hybridized carbons (Fsp3) is 0.765. The van der Waals surface area contributed by atoms with Crippen LogP contribution in [0.1, 0.15) is 32.6 Å². The summed E-state index contributed by atoms with van der Waals surface area (Å²) in [5.74, 6) is -3.31. The Kier molecular flexibility index (Phi) is 12.9. The van der Waals surface area contributed by atoms with E-state index in [2.05, 4.69) is 10.3 Å². The van der Waals surface area contributed by atoms with Gasteiger partial charge in [0.15, 0.2) is 0 Å². The minimum atomic E-state index is -1.93. The normalized spacial score (nSPS) is 18.0. The summed E-state index contributed by atoms with van der Waals surface area (Å²) in [4.78, 5) is 37.2. The quantitative estimate of drug-likeness (QED) is 0.0895. The number of carboxylic acids is 2. The van der Waals surface area contributed by atoms with Gasteiger partial charge in [-0.25, -0.2) is 4.79 Å². The van der Waals surface area contributed by atoms with E-state index in [9.17, 15) is 39.9 Å². The molecule has 0 rings (SSSR count). The highest BCUT2D eigenvalue weighted by atomic mass is 16.4. The molecule has 13 nitrogen and oxygen atoms in total. The van der Waals surface area contributed by atoms with E-state index in [1.807, 2.05) is 0 Å². The molecule has 0 fully saturated rings. The van der Waals surface area contributed by atoms with E-state index in [0.29, 0.717) is 12.8 Å². The Balaban J connectivity index is 5.10. The Morgan fingerprint density at radius 2 is 1.60 bits per heavy atom. The summed E-state index contributed by atoms with van der Waals surface area (Å²) < 4.78 is 0. The lowest BCUT2D eigenvalue weighted by Crippen LogP contribution is -2.57. The smallest absolute Gasteiger partial charge is 0.349 e. The van der Waals surface area contributed by atoms with Gasteiger partial charge in [-0.15, -0.1) is 0 Å². The summed E-state index contributed by atoms with van der Waals surface area (Å²) >= 11 is 0. The fourth-order valence-corrected chi connectivity index (χ4v) is 2.55. The molecule has 1 amide bonds. The Morgan fingerprint density at radius 1 is 1.00 bits per heavy atom. The second-order valence-electron chi connectivity index (χ2n) is 6.80. The van der Waals surface area contributed by atoms with Crippen molar-refractivity contribution in [3.8, 4) is 0 Å². The minimum absolute atomic E-state index is 0.0138. The zero-order chi connectivity index (χ0) is 23.4. The van der Waals surface area contributed by atoms with Crippen molar-refractivity contribution in [3.63, 3.8) is 0 Å². The third-order valence-corrected chi connectivity index (χ3v) is 4.28. The van der Waals surface area contributed by atoms with Gasteiger partial charge in [-0.3, -0.25) is 14.6 Å². The SMILES string of the molecule is CC(=O)NC(C(O)CC(=NCCCC[C@H](N)C(=O)O)C(=O)O)C(O)C(O)C(O)CO. The summed E-state index contributed by atoms with van der Waals surface area (Å²) in [5, 5.41) is 68.8. The van der Waals surface area contributed by atoms with Crippen molar-refractivity contribution in [1.82, 2.24) is 5.32 Å². The molecule has 0 radical (unpaired) electrons. The fourth-order valence-electron chi connectivity index (χ4n) is 2.55. The van der Waals surface area contributed by atoms with Gasteiger partial charge in [-0.05, 0) is 19.3 Å². The molecule has 174 valence electrons. The van der Waals surface area contributed by atoms with Gasteiger partial charge in [0.05, 0.1) is 18.8 Å². The summed E-state index contributed by atoms with van der Waals surface area (Å²) in [5.41, 5.74) is 4.89. The molecule has 6 atom stereocenters. The van der Waals surface area contributed by atoms with Crippen molar-refractivity contribution >= 4 is 23.6 Å². The molecule has 0 aliphatic carbocycles. The van der Waals surface area contributed by atoms with Crippen molar-refractivity contribution < 1.29 is 50.1 Å². The summed E-state index contributed by atoms with van der Waals surface area (Å²) in [7, 11) is 0. The molecule has 30 heavy (non-hydrogen) atoms.